The van der Waals surface area contributed by atoms with Gasteiger partial charge in [-0.2, -0.15) is 0 Å². The molecule has 3 rings (SSSR count). The summed E-state index contributed by atoms with van der Waals surface area (Å²) >= 11 is 0. The van der Waals surface area contributed by atoms with Crippen LogP contribution in [0.4, 0.5) is 13.2 Å². The molecule has 4 nitrogen and oxygen atoms in total. The van der Waals surface area contributed by atoms with Crippen molar-refractivity contribution < 1.29 is 17.9 Å². The second-order valence-electron chi connectivity index (χ2n) is 4.93. The van der Waals surface area contributed by atoms with E-state index in [-0.39, 0.29) is 11.3 Å². The van der Waals surface area contributed by atoms with Gasteiger partial charge in [0, 0.05) is 7.05 Å². The van der Waals surface area contributed by atoms with Crippen molar-refractivity contribution in [2.75, 3.05) is 0 Å². The molecule has 118 valence electrons. The van der Waals surface area contributed by atoms with Gasteiger partial charge in [0.2, 0.25) is 0 Å². The molecule has 0 radical (unpaired) electrons. The Morgan fingerprint density at radius 3 is 2.57 bits per heavy atom. The van der Waals surface area contributed by atoms with E-state index in [1.807, 2.05) is 0 Å². The molecule has 2 aromatic carbocycles. The van der Waals surface area contributed by atoms with Gasteiger partial charge >= 0.3 is 6.36 Å². The van der Waals surface area contributed by atoms with E-state index in [9.17, 15) is 18.0 Å². The molecular weight excluding hydrogens is 309 g/mol. The van der Waals surface area contributed by atoms with Gasteiger partial charge in [0.05, 0.1) is 17.2 Å². The van der Waals surface area contributed by atoms with Gasteiger partial charge in [0.1, 0.15) is 5.75 Å². The van der Waals surface area contributed by atoms with Crippen LogP contribution >= 0.6 is 0 Å². The number of hydrogen-bond acceptors (Lipinski definition) is 3. The van der Waals surface area contributed by atoms with Crippen molar-refractivity contribution >= 4 is 11.0 Å². The number of alkyl halides is 3. The lowest BCUT2D eigenvalue weighted by atomic mass is 10.0. The quantitative estimate of drug-likeness (QED) is 0.726. The highest BCUT2D eigenvalue weighted by atomic mass is 19.4. The van der Waals surface area contributed by atoms with Crippen LogP contribution in [-0.2, 0) is 7.05 Å². The number of rotatable bonds is 2. The van der Waals surface area contributed by atoms with Crippen molar-refractivity contribution in [1.29, 1.82) is 0 Å². The molecule has 0 amide bonds. The van der Waals surface area contributed by atoms with E-state index >= 15 is 0 Å². The zero-order valence-electron chi connectivity index (χ0n) is 12.0. The van der Waals surface area contributed by atoms with E-state index in [0.29, 0.717) is 22.2 Å². The van der Waals surface area contributed by atoms with Gasteiger partial charge in [0.15, 0.2) is 0 Å². The molecule has 0 spiro atoms. The van der Waals surface area contributed by atoms with Gasteiger partial charge in [0.25, 0.3) is 5.56 Å². The SMILES string of the molecule is Cn1c(=O)cnc2ccc(-c3cccc(OC(F)(F)F)c3)cc21. The molecule has 0 fully saturated rings. The molecule has 0 saturated heterocycles. The van der Waals surface area contributed by atoms with Crippen LogP contribution in [0.2, 0.25) is 0 Å². The van der Waals surface area contributed by atoms with E-state index in [1.54, 1.807) is 31.3 Å². The van der Waals surface area contributed by atoms with Crippen LogP contribution in [-0.4, -0.2) is 15.9 Å². The summed E-state index contributed by atoms with van der Waals surface area (Å²) in [5.74, 6) is -0.296. The van der Waals surface area contributed by atoms with Gasteiger partial charge in [-0.3, -0.25) is 4.79 Å². The zero-order chi connectivity index (χ0) is 16.6. The summed E-state index contributed by atoms with van der Waals surface area (Å²) in [6.45, 7) is 0. The minimum Gasteiger partial charge on any atom is -0.406 e. The summed E-state index contributed by atoms with van der Waals surface area (Å²) in [5, 5.41) is 0. The normalized spacial score (nSPS) is 11.7. The van der Waals surface area contributed by atoms with E-state index in [1.165, 1.54) is 29.0 Å². The zero-order valence-corrected chi connectivity index (χ0v) is 12.0. The maximum atomic E-state index is 12.3. The summed E-state index contributed by atoms with van der Waals surface area (Å²) in [6, 6.07) is 10.8. The number of aryl methyl sites for hydroxylation is 1. The molecule has 0 unspecified atom stereocenters. The van der Waals surface area contributed by atoms with E-state index < -0.39 is 6.36 Å². The summed E-state index contributed by atoms with van der Waals surface area (Å²) in [7, 11) is 1.61. The fraction of sp³-hybridized carbons (Fsp3) is 0.125. The first-order valence-corrected chi connectivity index (χ1v) is 6.65. The molecule has 1 aromatic heterocycles. The van der Waals surface area contributed by atoms with Crippen LogP contribution in [0.3, 0.4) is 0 Å². The molecule has 23 heavy (non-hydrogen) atoms. The van der Waals surface area contributed by atoms with Crippen molar-refractivity contribution in [3.63, 3.8) is 0 Å². The third-order valence-electron chi connectivity index (χ3n) is 3.38. The Morgan fingerprint density at radius 2 is 1.83 bits per heavy atom. The second-order valence-corrected chi connectivity index (χ2v) is 4.93. The van der Waals surface area contributed by atoms with E-state index in [4.69, 9.17) is 0 Å². The minimum absolute atomic E-state index is 0.260. The van der Waals surface area contributed by atoms with Crippen molar-refractivity contribution in [2.24, 2.45) is 7.05 Å². The number of benzene rings is 2. The van der Waals surface area contributed by atoms with Crippen LogP contribution in [0.1, 0.15) is 0 Å². The lowest BCUT2D eigenvalue weighted by molar-refractivity contribution is -0.274. The van der Waals surface area contributed by atoms with E-state index in [2.05, 4.69) is 9.72 Å². The minimum atomic E-state index is -4.74. The molecule has 1 heterocycles. The highest BCUT2D eigenvalue weighted by molar-refractivity contribution is 5.81. The molecule has 0 aliphatic rings. The van der Waals surface area contributed by atoms with Crippen molar-refractivity contribution in [2.45, 2.75) is 6.36 Å². The number of halogens is 3. The van der Waals surface area contributed by atoms with Gasteiger partial charge in [-0.05, 0) is 35.4 Å². The predicted octanol–water partition coefficient (Wildman–Crippen LogP) is 3.50. The number of fused-ring (bicyclic) bond motifs is 1. The maximum Gasteiger partial charge on any atom is 0.573 e. The smallest absolute Gasteiger partial charge is 0.406 e. The molecule has 0 bridgehead atoms. The number of aromatic nitrogens is 2. The lowest BCUT2D eigenvalue weighted by Crippen LogP contribution is -2.17. The summed E-state index contributed by atoms with van der Waals surface area (Å²) < 4.78 is 42.3. The Bertz CT molecular complexity index is 932. The van der Waals surface area contributed by atoms with Gasteiger partial charge in [-0.25, -0.2) is 4.98 Å². The average Bonchev–Trinajstić information content (AvgIpc) is 2.49. The van der Waals surface area contributed by atoms with Crippen LogP contribution in [0, 0.1) is 0 Å². The molecule has 0 N–H and O–H groups in total. The molecule has 0 aliphatic heterocycles. The van der Waals surface area contributed by atoms with Crippen LogP contribution < -0.4 is 10.3 Å². The fourth-order valence-corrected chi connectivity index (χ4v) is 2.28. The Morgan fingerprint density at radius 1 is 1.09 bits per heavy atom. The Labute approximate surface area is 128 Å². The number of hydrogen-bond donors (Lipinski definition) is 0. The Kier molecular flexibility index (Phi) is 3.55. The number of ether oxygens (including phenoxy) is 1. The van der Waals surface area contributed by atoms with Crippen molar-refractivity contribution in [3.8, 4) is 16.9 Å². The second kappa shape index (κ2) is 5.42. The standard InChI is InChI=1S/C16H11F3N2O2/c1-21-14-8-11(5-6-13(14)20-9-15(21)22)10-3-2-4-12(7-10)23-16(17,18)19/h2-9H,1H3. The third kappa shape index (κ3) is 3.18. The summed E-state index contributed by atoms with van der Waals surface area (Å²) in [5.41, 5.74) is 2.16. The predicted molar refractivity (Wildman–Crippen MR) is 79.1 cm³/mol. The number of nitrogens with zero attached hydrogens (tertiary/aromatic N) is 2. The molecule has 3 aromatic rings. The fourth-order valence-electron chi connectivity index (χ4n) is 2.28. The summed E-state index contributed by atoms with van der Waals surface area (Å²) in [6.07, 6.45) is -3.52. The van der Waals surface area contributed by atoms with Crippen molar-refractivity contribution in [3.05, 3.63) is 59.0 Å². The maximum absolute atomic E-state index is 12.3. The molecule has 0 aliphatic carbocycles. The van der Waals surface area contributed by atoms with Crippen molar-refractivity contribution in [1.82, 2.24) is 9.55 Å². The lowest BCUT2D eigenvalue weighted by Gasteiger charge is -2.11. The monoisotopic (exact) mass is 320 g/mol. The van der Waals surface area contributed by atoms with Gasteiger partial charge in [-0.1, -0.05) is 18.2 Å². The van der Waals surface area contributed by atoms with Gasteiger partial charge < -0.3 is 9.30 Å². The topological polar surface area (TPSA) is 44.1 Å². The first kappa shape index (κ1) is 15.1. The molecule has 0 atom stereocenters. The largest absolute Gasteiger partial charge is 0.573 e. The summed E-state index contributed by atoms with van der Waals surface area (Å²) in [4.78, 5) is 15.7. The molecule has 7 heteroatoms. The highest BCUT2D eigenvalue weighted by Gasteiger charge is 2.31. The van der Waals surface area contributed by atoms with Crippen LogP contribution in [0.15, 0.2) is 53.5 Å². The van der Waals surface area contributed by atoms with E-state index in [0.717, 1.165) is 0 Å². The highest BCUT2D eigenvalue weighted by Crippen LogP contribution is 2.29. The average molecular weight is 320 g/mol. The van der Waals surface area contributed by atoms with Crippen LogP contribution in [0.25, 0.3) is 22.2 Å². The first-order chi connectivity index (χ1) is 10.8. The van der Waals surface area contributed by atoms with Crippen LogP contribution in [0.5, 0.6) is 5.75 Å². The van der Waals surface area contributed by atoms with Gasteiger partial charge in [-0.15, -0.1) is 13.2 Å². The molecule has 0 saturated carbocycles. The third-order valence-corrected chi connectivity index (χ3v) is 3.38. The Balaban J connectivity index is 2.08. The first-order valence-electron chi connectivity index (χ1n) is 6.65. The Hall–Kier alpha value is -2.83. The molecular formula is C16H11F3N2O2.